The summed E-state index contributed by atoms with van der Waals surface area (Å²) in [5.74, 6) is 5.35. The second-order valence-corrected chi connectivity index (χ2v) is 6.22. The molecule has 0 bridgehead atoms. The average Bonchev–Trinajstić information content (AvgIpc) is 2.37. The van der Waals surface area contributed by atoms with Crippen LogP contribution < -0.4 is 0 Å². The fraction of sp³-hybridized carbons (Fsp3) is 0.385. The van der Waals surface area contributed by atoms with Crippen LogP contribution in [0.25, 0.3) is 0 Å². The van der Waals surface area contributed by atoms with Gasteiger partial charge >= 0.3 is 6.18 Å². The molecular formula is C13H14F3NO3S. The number of aliphatic hydroxyl groups is 1. The number of rotatable bonds is 4. The Kier molecular flexibility index (Phi) is 5.78. The molecule has 0 amide bonds. The Morgan fingerprint density at radius 2 is 1.81 bits per heavy atom. The second kappa shape index (κ2) is 6.93. The van der Waals surface area contributed by atoms with E-state index < -0.39 is 22.7 Å². The summed E-state index contributed by atoms with van der Waals surface area (Å²) in [6.45, 7) is -1.63. The molecule has 0 saturated heterocycles. The van der Waals surface area contributed by atoms with Crippen LogP contribution in [0.4, 0.5) is 13.2 Å². The zero-order valence-electron chi connectivity index (χ0n) is 11.2. The summed E-state index contributed by atoms with van der Waals surface area (Å²) in [6.07, 6.45) is -4.31. The summed E-state index contributed by atoms with van der Waals surface area (Å²) in [5.41, 5.74) is 0.515. The number of halogens is 3. The molecule has 0 radical (unpaired) electrons. The number of nitrogens with zero attached hydrogens (tertiary/aromatic N) is 1. The third-order valence-electron chi connectivity index (χ3n) is 2.43. The van der Waals surface area contributed by atoms with E-state index in [2.05, 4.69) is 11.8 Å². The minimum Gasteiger partial charge on any atom is -0.395 e. The van der Waals surface area contributed by atoms with Gasteiger partial charge in [-0.3, -0.25) is 0 Å². The molecule has 1 aromatic carbocycles. The van der Waals surface area contributed by atoms with Gasteiger partial charge in [0.2, 0.25) is 10.0 Å². The number of benzene rings is 1. The van der Waals surface area contributed by atoms with Crippen LogP contribution in [0.2, 0.25) is 0 Å². The van der Waals surface area contributed by atoms with Crippen LogP contribution in [0.1, 0.15) is 12.0 Å². The summed E-state index contributed by atoms with van der Waals surface area (Å²) in [5, 5.41) is 8.57. The van der Waals surface area contributed by atoms with Crippen LogP contribution in [0.5, 0.6) is 0 Å². The first-order valence-electron chi connectivity index (χ1n) is 5.90. The standard InChI is InChI=1S/C13H14F3NO3S/c1-17(10-13(14,15)16)21(19,20)12-7-5-11(6-8-12)4-2-3-9-18/h5-8,18H,3,9-10H2,1H3. The van der Waals surface area contributed by atoms with E-state index in [0.717, 1.165) is 7.05 Å². The zero-order chi connectivity index (χ0) is 16.1. The van der Waals surface area contributed by atoms with Crippen LogP contribution in [-0.4, -0.2) is 44.2 Å². The first kappa shape index (κ1) is 17.5. The molecule has 0 spiro atoms. The molecule has 0 aliphatic rings. The Labute approximate surface area is 121 Å². The van der Waals surface area contributed by atoms with E-state index in [1.165, 1.54) is 24.3 Å². The Hall–Kier alpha value is -1.56. The lowest BCUT2D eigenvalue weighted by molar-refractivity contribution is -0.134. The van der Waals surface area contributed by atoms with E-state index in [0.29, 0.717) is 5.56 Å². The summed E-state index contributed by atoms with van der Waals surface area (Å²) < 4.78 is 60.9. The lowest BCUT2D eigenvalue weighted by Gasteiger charge is -2.18. The van der Waals surface area contributed by atoms with E-state index in [-0.39, 0.29) is 22.2 Å². The van der Waals surface area contributed by atoms with Crippen LogP contribution in [0, 0.1) is 11.8 Å². The molecule has 0 heterocycles. The lowest BCUT2D eigenvalue weighted by Crippen LogP contribution is -2.35. The number of sulfonamides is 1. The van der Waals surface area contributed by atoms with Crippen molar-refractivity contribution in [1.82, 2.24) is 4.31 Å². The monoisotopic (exact) mass is 321 g/mol. The highest BCUT2D eigenvalue weighted by molar-refractivity contribution is 7.89. The Morgan fingerprint density at radius 3 is 2.29 bits per heavy atom. The molecule has 1 N–H and O–H groups in total. The molecule has 0 aromatic heterocycles. The van der Waals surface area contributed by atoms with Crippen molar-refractivity contribution in [1.29, 1.82) is 0 Å². The van der Waals surface area contributed by atoms with Gasteiger partial charge in [0.05, 0.1) is 11.5 Å². The predicted molar refractivity (Wildman–Crippen MR) is 70.9 cm³/mol. The molecule has 21 heavy (non-hydrogen) atoms. The average molecular weight is 321 g/mol. The van der Waals surface area contributed by atoms with Crippen molar-refractivity contribution in [3.63, 3.8) is 0 Å². The van der Waals surface area contributed by atoms with Crippen molar-refractivity contribution in [3.05, 3.63) is 29.8 Å². The Morgan fingerprint density at radius 1 is 1.24 bits per heavy atom. The summed E-state index contributed by atoms with van der Waals surface area (Å²) in [7, 11) is -3.32. The van der Waals surface area contributed by atoms with Gasteiger partial charge in [0, 0.05) is 19.0 Å². The molecule has 0 aliphatic carbocycles. The van der Waals surface area contributed by atoms with Crippen molar-refractivity contribution in [3.8, 4) is 11.8 Å². The molecule has 116 valence electrons. The molecule has 0 fully saturated rings. The first-order chi connectivity index (χ1) is 9.66. The highest BCUT2D eigenvalue weighted by atomic mass is 32.2. The topological polar surface area (TPSA) is 57.6 Å². The van der Waals surface area contributed by atoms with Crippen molar-refractivity contribution >= 4 is 10.0 Å². The lowest BCUT2D eigenvalue weighted by atomic mass is 10.2. The minimum absolute atomic E-state index is 0.0816. The smallest absolute Gasteiger partial charge is 0.395 e. The van der Waals surface area contributed by atoms with Gasteiger partial charge in [-0.25, -0.2) is 8.42 Å². The molecule has 0 saturated carbocycles. The quantitative estimate of drug-likeness (QED) is 0.857. The third-order valence-corrected chi connectivity index (χ3v) is 4.25. The van der Waals surface area contributed by atoms with E-state index in [4.69, 9.17) is 5.11 Å². The van der Waals surface area contributed by atoms with E-state index >= 15 is 0 Å². The van der Waals surface area contributed by atoms with E-state index in [1.807, 2.05) is 0 Å². The molecular weight excluding hydrogens is 307 g/mol. The van der Waals surface area contributed by atoms with Gasteiger partial charge in [0.1, 0.15) is 6.54 Å². The molecule has 0 unspecified atom stereocenters. The van der Waals surface area contributed by atoms with Crippen molar-refractivity contribution in [2.45, 2.75) is 17.5 Å². The van der Waals surface area contributed by atoms with Crippen LogP contribution >= 0.6 is 0 Å². The van der Waals surface area contributed by atoms with Crippen LogP contribution in [-0.2, 0) is 10.0 Å². The number of alkyl halides is 3. The summed E-state index contributed by atoms with van der Waals surface area (Å²) >= 11 is 0. The van der Waals surface area contributed by atoms with Crippen molar-refractivity contribution in [2.75, 3.05) is 20.2 Å². The molecule has 1 rings (SSSR count). The normalized spacial score (nSPS) is 12.1. The highest BCUT2D eigenvalue weighted by Crippen LogP contribution is 2.21. The van der Waals surface area contributed by atoms with Crippen LogP contribution in [0.3, 0.4) is 0 Å². The summed E-state index contributed by atoms with van der Waals surface area (Å²) in [6, 6.07) is 5.20. The minimum atomic E-state index is -4.60. The Bertz CT molecular complexity index is 627. The van der Waals surface area contributed by atoms with Gasteiger partial charge in [0.25, 0.3) is 0 Å². The molecule has 0 aliphatic heterocycles. The van der Waals surface area contributed by atoms with Crippen LogP contribution in [0.15, 0.2) is 29.2 Å². The zero-order valence-corrected chi connectivity index (χ0v) is 12.0. The third kappa shape index (κ3) is 5.38. The fourth-order valence-electron chi connectivity index (χ4n) is 1.45. The van der Waals surface area contributed by atoms with Crippen molar-refractivity contribution < 1.29 is 26.7 Å². The SMILES string of the molecule is CN(CC(F)(F)F)S(=O)(=O)c1ccc(C#CCCO)cc1. The molecule has 4 nitrogen and oxygen atoms in total. The van der Waals surface area contributed by atoms with Crippen molar-refractivity contribution in [2.24, 2.45) is 0 Å². The largest absolute Gasteiger partial charge is 0.402 e. The van der Waals surface area contributed by atoms with Gasteiger partial charge in [0.15, 0.2) is 0 Å². The predicted octanol–water partition coefficient (Wildman–Crippen LogP) is 1.60. The van der Waals surface area contributed by atoms with Gasteiger partial charge in [-0.05, 0) is 24.3 Å². The van der Waals surface area contributed by atoms with E-state index in [1.54, 1.807) is 0 Å². The molecule has 8 heteroatoms. The van der Waals surface area contributed by atoms with E-state index in [9.17, 15) is 21.6 Å². The maximum absolute atomic E-state index is 12.2. The van der Waals surface area contributed by atoms with Gasteiger partial charge in [-0.2, -0.15) is 17.5 Å². The fourth-order valence-corrected chi connectivity index (χ4v) is 2.60. The maximum atomic E-state index is 12.2. The van der Waals surface area contributed by atoms with Gasteiger partial charge < -0.3 is 5.11 Å². The number of hydrogen-bond acceptors (Lipinski definition) is 3. The van der Waals surface area contributed by atoms with Gasteiger partial charge in [-0.15, -0.1) is 0 Å². The second-order valence-electron chi connectivity index (χ2n) is 4.18. The maximum Gasteiger partial charge on any atom is 0.402 e. The Balaban J connectivity index is 2.93. The molecule has 1 aromatic rings. The number of aliphatic hydroxyl groups excluding tert-OH is 1. The summed E-state index contributed by atoms with van der Waals surface area (Å²) in [4.78, 5) is -0.234. The highest BCUT2D eigenvalue weighted by Gasteiger charge is 2.34. The first-order valence-corrected chi connectivity index (χ1v) is 7.34. The number of hydrogen-bond donors (Lipinski definition) is 1. The van der Waals surface area contributed by atoms with Gasteiger partial charge in [-0.1, -0.05) is 11.8 Å². The molecule has 0 atom stereocenters.